The predicted molar refractivity (Wildman–Crippen MR) is 301 cm³/mol. The second kappa shape index (κ2) is 15.2. The molecule has 0 unspecified atom stereocenters. The molecule has 1 aromatic heterocycles. The van der Waals surface area contributed by atoms with Gasteiger partial charge in [-0.2, -0.15) is 0 Å². The maximum Gasteiger partial charge on any atom is 0.264 e. The molecule has 0 amide bonds. The second-order valence-corrected chi connectivity index (χ2v) is 27.4. The fourth-order valence-electron chi connectivity index (χ4n) is 11.7. The van der Waals surface area contributed by atoms with Gasteiger partial charge in [0.05, 0.1) is 5.69 Å². The normalized spacial score (nSPS) is 16.4. The van der Waals surface area contributed by atoms with Crippen molar-refractivity contribution in [1.29, 1.82) is 0 Å². The van der Waals surface area contributed by atoms with Crippen LogP contribution in [-0.4, -0.2) is 6.71 Å². The second-order valence-electron chi connectivity index (χ2n) is 26.4. The van der Waals surface area contributed by atoms with Crippen LogP contribution in [0.4, 0.5) is 34.1 Å². The van der Waals surface area contributed by atoms with Gasteiger partial charge in [0.1, 0.15) is 0 Å². The number of hydrogen-bond donors (Lipinski definition) is 0. The Morgan fingerprint density at radius 2 is 1.04 bits per heavy atom. The summed E-state index contributed by atoms with van der Waals surface area (Å²) in [6.45, 7) is 42.8. The molecule has 68 heavy (non-hydrogen) atoms. The van der Waals surface area contributed by atoms with E-state index in [1.165, 1.54) is 128 Å². The minimum absolute atomic E-state index is 0.000656. The Hall–Kier alpha value is -5.06. The van der Waals surface area contributed by atoms with Crippen LogP contribution in [0.2, 0.25) is 0 Å². The molecule has 0 atom stereocenters. The van der Waals surface area contributed by atoms with Crippen molar-refractivity contribution in [2.24, 2.45) is 0 Å². The van der Waals surface area contributed by atoms with Crippen LogP contribution in [0.25, 0.3) is 21.2 Å². The van der Waals surface area contributed by atoms with Gasteiger partial charge < -0.3 is 9.80 Å². The topological polar surface area (TPSA) is 6.48 Å². The molecule has 350 valence electrons. The molecule has 10 rings (SSSR count). The minimum Gasteiger partial charge on any atom is -0.311 e. The van der Waals surface area contributed by atoms with Crippen molar-refractivity contribution in [3.05, 3.63) is 148 Å². The first-order chi connectivity index (χ1) is 31.5. The molecule has 2 nitrogen and oxygen atoms in total. The zero-order chi connectivity index (χ0) is 49.0. The van der Waals surface area contributed by atoms with Gasteiger partial charge in [0.2, 0.25) is 0 Å². The number of rotatable bonds is 3. The third-order valence-electron chi connectivity index (χ3n) is 16.2. The van der Waals surface area contributed by atoms with Crippen LogP contribution in [0.5, 0.6) is 0 Å². The zero-order valence-electron chi connectivity index (χ0n) is 44.6. The lowest BCUT2D eigenvalue weighted by atomic mass is 9.36. The van der Waals surface area contributed by atoms with Crippen LogP contribution in [-0.2, 0) is 32.5 Å². The van der Waals surface area contributed by atoms with Crippen LogP contribution in [0.1, 0.15) is 168 Å². The zero-order valence-corrected chi connectivity index (χ0v) is 45.4. The molecule has 7 aromatic rings. The molecule has 0 saturated carbocycles. The van der Waals surface area contributed by atoms with E-state index in [0.717, 1.165) is 0 Å². The van der Waals surface area contributed by atoms with Crippen LogP contribution in [0, 0.1) is 13.8 Å². The van der Waals surface area contributed by atoms with E-state index in [-0.39, 0.29) is 39.2 Å². The molecule has 3 aliphatic rings. The first-order valence-corrected chi connectivity index (χ1v) is 26.2. The summed E-state index contributed by atoms with van der Waals surface area (Å²) < 4.78 is 2.78. The highest BCUT2D eigenvalue weighted by molar-refractivity contribution is 7.33. The van der Waals surface area contributed by atoms with Crippen molar-refractivity contribution in [2.75, 3.05) is 9.80 Å². The lowest BCUT2D eigenvalue weighted by Crippen LogP contribution is -2.60. The number of thiophene rings is 1. The SMILES string of the molecule is Cc1cccc(C)c1-c1cc2c3c(c1)N(c1ccc4c(c1)C(C)(C)CCC4(C)C)c1c(sc4ccc(C(C)(C)C)cc14)B3c1ccc(C(C)(C)C)cc1N2c1cc(C(C)(C)C)cc(C(C)(C)C)c1. The van der Waals surface area contributed by atoms with E-state index < -0.39 is 0 Å². The van der Waals surface area contributed by atoms with Gasteiger partial charge in [-0.3, -0.25) is 0 Å². The highest BCUT2D eigenvalue weighted by atomic mass is 32.1. The van der Waals surface area contributed by atoms with Crippen LogP contribution >= 0.6 is 11.3 Å². The summed E-state index contributed by atoms with van der Waals surface area (Å²) in [6.07, 6.45) is 2.36. The third-order valence-corrected chi connectivity index (χ3v) is 17.4. The van der Waals surface area contributed by atoms with Crippen molar-refractivity contribution in [3.63, 3.8) is 0 Å². The number of benzene rings is 6. The predicted octanol–water partition coefficient (Wildman–Crippen LogP) is 16.8. The Bertz CT molecular complexity index is 3150. The molecule has 1 aliphatic carbocycles. The lowest BCUT2D eigenvalue weighted by molar-refractivity contribution is 0.332. The number of anilines is 6. The summed E-state index contributed by atoms with van der Waals surface area (Å²) in [7, 11) is 0. The highest BCUT2D eigenvalue weighted by Gasteiger charge is 2.47. The van der Waals surface area contributed by atoms with Gasteiger partial charge in [0, 0.05) is 43.3 Å². The third kappa shape index (κ3) is 7.49. The minimum atomic E-state index is -0.0482. The van der Waals surface area contributed by atoms with Gasteiger partial charge in [-0.25, -0.2) is 0 Å². The first-order valence-electron chi connectivity index (χ1n) is 25.4. The molecule has 0 N–H and O–H groups in total. The van der Waals surface area contributed by atoms with Gasteiger partial charge in [0.25, 0.3) is 6.71 Å². The molecule has 0 radical (unpaired) electrons. The molecule has 6 aromatic carbocycles. The van der Waals surface area contributed by atoms with E-state index in [1.54, 1.807) is 0 Å². The molecule has 0 saturated heterocycles. The summed E-state index contributed by atoms with van der Waals surface area (Å²) in [6, 6.07) is 41.8. The Morgan fingerprint density at radius 3 is 1.63 bits per heavy atom. The van der Waals surface area contributed by atoms with Crippen molar-refractivity contribution in [2.45, 2.75) is 170 Å². The van der Waals surface area contributed by atoms with Gasteiger partial charge in [-0.1, -0.05) is 159 Å². The van der Waals surface area contributed by atoms with E-state index in [0.29, 0.717) is 0 Å². The Balaban J connectivity index is 1.40. The highest BCUT2D eigenvalue weighted by Crippen LogP contribution is 2.53. The van der Waals surface area contributed by atoms with Gasteiger partial charge in [-0.05, 0) is 180 Å². The van der Waals surface area contributed by atoms with Crippen LogP contribution in [0.15, 0.2) is 103 Å². The maximum absolute atomic E-state index is 2.73. The number of hydrogen-bond acceptors (Lipinski definition) is 3. The average molecular weight is 915 g/mol. The van der Waals surface area contributed by atoms with E-state index in [9.17, 15) is 0 Å². The molecule has 0 fully saturated rings. The fraction of sp³-hybridized carbons (Fsp3) is 0.406. The van der Waals surface area contributed by atoms with E-state index in [2.05, 4.69) is 238 Å². The molecular weight excluding hydrogens is 840 g/mol. The summed E-state index contributed by atoms with van der Waals surface area (Å²) in [5, 5.41) is 1.35. The van der Waals surface area contributed by atoms with Gasteiger partial charge >= 0.3 is 0 Å². The van der Waals surface area contributed by atoms with Gasteiger partial charge in [-0.15, -0.1) is 11.3 Å². The lowest BCUT2D eigenvalue weighted by Gasteiger charge is -2.45. The molecule has 0 spiro atoms. The molecule has 2 aliphatic heterocycles. The smallest absolute Gasteiger partial charge is 0.264 e. The number of aryl methyl sites for hydroxylation is 2. The quantitative estimate of drug-likeness (QED) is 0.163. The van der Waals surface area contributed by atoms with Gasteiger partial charge in [0.15, 0.2) is 0 Å². The number of fused-ring (bicyclic) bond motifs is 7. The monoisotopic (exact) mass is 915 g/mol. The molecular formula is C64H75BN2S. The van der Waals surface area contributed by atoms with Crippen LogP contribution < -0.4 is 25.5 Å². The summed E-state index contributed by atoms with van der Waals surface area (Å²) in [5.41, 5.74) is 24.1. The Morgan fingerprint density at radius 1 is 0.500 bits per heavy atom. The summed E-state index contributed by atoms with van der Waals surface area (Å²) in [4.78, 5) is 5.41. The first kappa shape index (κ1) is 46.7. The van der Waals surface area contributed by atoms with Crippen molar-refractivity contribution in [1.82, 2.24) is 0 Å². The van der Waals surface area contributed by atoms with Crippen molar-refractivity contribution < 1.29 is 0 Å². The Labute approximate surface area is 414 Å². The van der Waals surface area contributed by atoms with E-state index in [1.807, 2.05) is 11.3 Å². The van der Waals surface area contributed by atoms with Crippen LogP contribution in [0.3, 0.4) is 0 Å². The largest absolute Gasteiger partial charge is 0.311 e. The Kier molecular flexibility index (Phi) is 10.4. The average Bonchev–Trinajstić information content (AvgIpc) is 3.62. The molecule has 0 bridgehead atoms. The van der Waals surface area contributed by atoms with E-state index in [4.69, 9.17) is 0 Å². The fourth-order valence-corrected chi connectivity index (χ4v) is 13.0. The molecule has 3 heterocycles. The summed E-state index contributed by atoms with van der Waals surface area (Å²) >= 11 is 2.01. The maximum atomic E-state index is 2.73. The van der Waals surface area contributed by atoms with Crippen molar-refractivity contribution >= 4 is 78.0 Å². The number of nitrogens with zero attached hydrogens (tertiary/aromatic N) is 2. The standard InChI is InChI=1S/C64H75BN2S/c1-38-20-19-21-39(2)55(38)40-30-52-56-53(31-40)67(45-24-25-48-49(37-45)64(17,18)29-28-63(48,15)16)57-47-35-41(59(3,4)5)23-27-54(47)68-58(57)65(56)50-26-22-42(60(6,7)8)36-51(50)66(52)46-33-43(61(9,10)11)32-44(34-46)62(12,13)14/h19-27,30-37H,28-29H2,1-18H3. The van der Waals surface area contributed by atoms with Crippen molar-refractivity contribution in [3.8, 4) is 11.1 Å². The van der Waals surface area contributed by atoms with E-state index >= 15 is 0 Å². The summed E-state index contributed by atoms with van der Waals surface area (Å²) in [5.74, 6) is 0. The molecule has 4 heteroatoms.